The van der Waals surface area contributed by atoms with E-state index in [0.717, 1.165) is 24.5 Å². The molecule has 1 rings (SSSR count). The summed E-state index contributed by atoms with van der Waals surface area (Å²) in [6.45, 7) is 0. The second-order valence-electron chi connectivity index (χ2n) is 3.40. The number of sulfone groups is 1. The highest BCUT2D eigenvalue weighted by Gasteiger charge is 2.20. The van der Waals surface area contributed by atoms with Crippen molar-refractivity contribution in [1.82, 2.24) is 0 Å². The van der Waals surface area contributed by atoms with Crippen molar-refractivity contribution in [2.75, 3.05) is 6.26 Å². The molecule has 0 bridgehead atoms. The van der Waals surface area contributed by atoms with Crippen LogP contribution in [0.1, 0.15) is 5.56 Å². The summed E-state index contributed by atoms with van der Waals surface area (Å²) in [4.78, 5) is 20.3. The number of hydrogen-bond donors (Lipinski definition) is 0. The number of benzene rings is 1. The van der Waals surface area contributed by atoms with Crippen LogP contribution in [0.3, 0.4) is 0 Å². The van der Waals surface area contributed by atoms with Crippen molar-refractivity contribution >= 4 is 27.4 Å². The monoisotopic (exact) mass is 270 g/mol. The maximum atomic E-state index is 11.3. The summed E-state index contributed by atoms with van der Waals surface area (Å²) >= 11 is 0. The highest BCUT2D eigenvalue weighted by molar-refractivity contribution is 7.90. The van der Waals surface area contributed by atoms with E-state index in [1.807, 2.05) is 0 Å². The molecule has 1 aromatic carbocycles. The molecule has 0 N–H and O–H groups in total. The van der Waals surface area contributed by atoms with Crippen LogP contribution in [0.25, 0.3) is 5.57 Å². The predicted molar refractivity (Wildman–Crippen MR) is 60.2 cm³/mol. The van der Waals surface area contributed by atoms with Gasteiger partial charge >= 0.3 is 0 Å². The lowest BCUT2D eigenvalue weighted by Gasteiger charge is -2.06. The third kappa shape index (κ3) is 2.72. The molecule has 0 aliphatic heterocycles. The fourth-order valence-corrected chi connectivity index (χ4v) is 1.93. The van der Waals surface area contributed by atoms with E-state index in [0.29, 0.717) is 0 Å². The largest absolute Gasteiger partial charge is 0.877 e. The van der Waals surface area contributed by atoms with Crippen LogP contribution < -0.4 is 5.11 Å². The molecule has 7 nitrogen and oxygen atoms in total. The number of nitro benzene ring substituents is 1. The summed E-state index contributed by atoms with van der Waals surface area (Å²) < 4.78 is 22.5. The van der Waals surface area contributed by atoms with Gasteiger partial charge in [0, 0.05) is 17.9 Å². The SMILES string of the molecule is CS(=O)(=O)c1ccc(/C(C=O)=C/[O-])c([N+](=O)[O-])c1. The average molecular weight is 270 g/mol. The van der Waals surface area contributed by atoms with Gasteiger partial charge in [-0.2, -0.15) is 0 Å². The standard InChI is InChI=1S/C10H9NO6S/c1-18(16,17)8-2-3-9(7(5-12)6-13)10(4-8)11(14)15/h2-6,12H,1H3/p-1/b7-5+. The first kappa shape index (κ1) is 13.8. The Balaban J connectivity index is 3.58. The molecule has 0 aliphatic rings. The van der Waals surface area contributed by atoms with Gasteiger partial charge in [0.2, 0.25) is 0 Å². The lowest BCUT2D eigenvalue weighted by molar-refractivity contribution is -0.385. The van der Waals surface area contributed by atoms with E-state index < -0.39 is 26.0 Å². The molecule has 0 atom stereocenters. The van der Waals surface area contributed by atoms with Crippen molar-refractivity contribution in [3.8, 4) is 0 Å². The van der Waals surface area contributed by atoms with Gasteiger partial charge in [-0.1, -0.05) is 0 Å². The molecule has 0 aromatic heterocycles. The van der Waals surface area contributed by atoms with E-state index in [2.05, 4.69) is 0 Å². The molecule has 0 spiro atoms. The molecule has 0 saturated carbocycles. The van der Waals surface area contributed by atoms with Crippen molar-refractivity contribution in [3.63, 3.8) is 0 Å². The maximum Gasteiger partial charge on any atom is 0.278 e. The molecule has 8 heteroatoms. The smallest absolute Gasteiger partial charge is 0.278 e. The summed E-state index contributed by atoms with van der Waals surface area (Å²) in [6, 6.07) is 2.98. The van der Waals surface area contributed by atoms with Crippen LogP contribution >= 0.6 is 0 Å². The van der Waals surface area contributed by atoms with Gasteiger partial charge in [0.25, 0.3) is 5.69 Å². The van der Waals surface area contributed by atoms with E-state index in [1.165, 1.54) is 0 Å². The minimum atomic E-state index is -3.61. The van der Waals surface area contributed by atoms with Crippen LogP contribution in [0.2, 0.25) is 0 Å². The summed E-state index contributed by atoms with van der Waals surface area (Å²) in [7, 11) is -3.61. The molecular formula is C10H8NO6S-. The zero-order valence-corrected chi connectivity index (χ0v) is 10.0. The van der Waals surface area contributed by atoms with Crippen LogP contribution in [0.4, 0.5) is 5.69 Å². The van der Waals surface area contributed by atoms with Crippen LogP contribution in [0.15, 0.2) is 29.4 Å². The van der Waals surface area contributed by atoms with Gasteiger partial charge in [-0.3, -0.25) is 14.9 Å². The number of nitro groups is 1. The lowest BCUT2D eigenvalue weighted by Crippen LogP contribution is -2.03. The number of hydrogen-bond acceptors (Lipinski definition) is 6. The van der Waals surface area contributed by atoms with Gasteiger partial charge in [0.05, 0.1) is 15.4 Å². The van der Waals surface area contributed by atoms with Gasteiger partial charge < -0.3 is 5.11 Å². The molecular weight excluding hydrogens is 262 g/mol. The van der Waals surface area contributed by atoms with E-state index >= 15 is 0 Å². The van der Waals surface area contributed by atoms with Crippen LogP contribution in [-0.2, 0) is 14.6 Å². The fourth-order valence-electron chi connectivity index (χ4n) is 1.29. The van der Waals surface area contributed by atoms with Crippen LogP contribution in [0.5, 0.6) is 0 Å². The Morgan fingerprint density at radius 1 is 1.39 bits per heavy atom. The molecule has 0 aliphatic carbocycles. The third-order valence-electron chi connectivity index (χ3n) is 2.16. The van der Waals surface area contributed by atoms with Crippen LogP contribution in [0, 0.1) is 10.1 Å². The van der Waals surface area contributed by atoms with E-state index in [-0.39, 0.29) is 23.0 Å². The van der Waals surface area contributed by atoms with E-state index in [1.54, 1.807) is 0 Å². The second-order valence-corrected chi connectivity index (χ2v) is 5.42. The minimum Gasteiger partial charge on any atom is -0.877 e. The van der Waals surface area contributed by atoms with Gasteiger partial charge in [-0.05, 0) is 12.1 Å². The number of carbonyl (C=O) groups is 1. The van der Waals surface area contributed by atoms with Crippen LogP contribution in [-0.4, -0.2) is 25.9 Å². The Hall–Kier alpha value is -2.22. The first-order chi connectivity index (χ1) is 8.31. The first-order valence-electron chi connectivity index (χ1n) is 4.57. The van der Waals surface area contributed by atoms with Crippen molar-refractivity contribution in [2.24, 2.45) is 0 Å². The molecule has 0 radical (unpaired) electrons. The van der Waals surface area contributed by atoms with E-state index in [9.17, 15) is 28.4 Å². The average Bonchev–Trinajstić information content (AvgIpc) is 2.29. The normalized spacial score (nSPS) is 12.2. The van der Waals surface area contributed by atoms with Crippen molar-refractivity contribution in [1.29, 1.82) is 0 Å². The Bertz CT molecular complexity index is 632. The summed E-state index contributed by atoms with van der Waals surface area (Å²) in [6.07, 6.45) is 1.25. The molecule has 96 valence electrons. The quantitative estimate of drug-likeness (QED) is 0.248. The Labute approximate surface area is 102 Å². The number of rotatable bonds is 4. The highest BCUT2D eigenvalue weighted by atomic mass is 32.2. The van der Waals surface area contributed by atoms with Crippen molar-refractivity contribution in [2.45, 2.75) is 4.90 Å². The molecule has 0 saturated heterocycles. The number of carbonyl (C=O) groups excluding carboxylic acids is 1. The van der Waals surface area contributed by atoms with Gasteiger partial charge in [-0.25, -0.2) is 8.42 Å². The molecule has 0 amide bonds. The predicted octanol–water partition coefficient (Wildman–Crippen LogP) is -0.102. The molecule has 18 heavy (non-hydrogen) atoms. The maximum absolute atomic E-state index is 11.3. The molecule has 0 unspecified atom stereocenters. The first-order valence-corrected chi connectivity index (χ1v) is 6.46. The molecule has 0 heterocycles. The molecule has 1 aromatic rings. The minimum absolute atomic E-state index is 0.176. The Morgan fingerprint density at radius 2 is 2.00 bits per heavy atom. The lowest BCUT2D eigenvalue weighted by atomic mass is 10.1. The van der Waals surface area contributed by atoms with E-state index in [4.69, 9.17) is 0 Å². The second kappa shape index (κ2) is 4.96. The van der Waals surface area contributed by atoms with Crippen molar-refractivity contribution < 1.29 is 23.2 Å². The van der Waals surface area contributed by atoms with Gasteiger partial charge in [0.15, 0.2) is 9.84 Å². The van der Waals surface area contributed by atoms with Crippen molar-refractivity contribution in [3.05, 3.63) is 40.1 Å². The summed E-state index contributed by atoms with van der Waals surface area (Å²) in [5.74, 6) is 0. The Morgan fingerprint density at radius 3 is 2.39 bits per heavy atom. The zero-order chi connectivity index (χ0) is 13.9. The number of nitrogens with zero attached hydrogens (tertiary/aromatic N) is 1. The summed E-state index contributed by atoms with van der Waals surface area (Å²) in [5.41, 5.74) is -1.23. The third-order valence-corrected chi connectivity index (χ3v) is 3.27. The zero-order valence-electron chi connectivity index (χ0n) is 9.19. The fraction of sp³-hybridized carbons (Fsp3) is 0.100. The topological polar surface area (TPSA) is 117 Å². The van der Waals surface area contributed by atoms with Gasteiger partial charge in [0.1, 0.15) is 6.29 Å². The number of aldehydes is 1. The van der Waals surface area contributed by atoms with Gasteiger partial charge in [-0.15, -0.1) is 6.26 Å². The molecule has 0 fully saturated rings. The highest BCUT2D eigenvalue weighted by Crippen LogP contribution is 2.27. The Kier molecular flexibility index (Phi) is 3.82. The summed E-state index contributed by atoms with van der Waals surface area (Å²) in [5, 5.41) is 21.4. The number of allylic oxidation sites excluding steroid dienone is 1.